The molecule has 0 aliphatic carbocycles. The van der Waals surface area contributed by atoms with E-state index in [9.17, 15) is 0 Å². The largest absolute Gasteiger partial charge is 0.339 e. The number of hydrogen-bond donors (Lipinski definition) is 1. The first-order valence-corrected chi connectivity index (χ1v) is 5.92. The van der Waals surface area contributed by atoms with Crippen molar-refractivity contribution in [3.8, 4) is 0 Å². The molecule has 1 aromatic rings. The summed E-state index contributed by atoms with van der Waals surface area (Å²) in [7, 11) is 0. The van der Waals surface area contributed by atoms with Gasteiger partial charge in [-0.15, -0.1) is 0 Å². The zero-order valence-electron chi connectivity index (χ0n) is 10.6. The van der Waals surface area contributed by atoms with Crippen LogP contribution in [-0.2, 0) is 0 Å². The van der Waals surface area contributed by atoms with Gasteiger partial charge in [-0.3, -0.25) is 0 Å². The number of anilines is 1. The number of hydrogen-bond acceptors (Lipinski definition) is 5. The van der Waals surface area contributed by atoms with Crippen LogP contribution in [-0.4, -0.2) is 23.2 Å². The van der Waals surface area contributed by atoms with Crippen LogP contribution in [0.4, 0.5) is 5.95 Å². The topological polar surface area (TPSA) is 68.2 Å². The maximum Gasteiger partial charge on any atom is 0.266 e. The Bertz CT molecular complexity index is 307. The number of nitrogens with zero attached hydrogens (tertiary/aromatic N) is 3. The molecule has 5 heteroatoms. The van der Waals surface area contributed by atoms with Crippen LogP contribution in [0.15, 0.2) is 4.52 Å². The van der Waals surface area contributed by atoms with Gasteiger partial charge in [0.25, 0.3) is 5.95 Å². The highest BCUT2D eigenvalue weighted by Gasteiger charge is 2.17. The van der Waals surface area contributed by atoms with E-state index in [1.807, 2.05) is 4.90 Å². The maximum absolute atomic E-state index is 5.98. The molecule has 92 valence electrons. The molecule has 1 aromatic heterocycles. The van der Waals surface area contributed by atoms with E-state index < -0.39 is 0 Å². The molecule has 0 radical (unpaired) electrons. The van der Waals surface area contributed by atoms with Crippen LogP contribution in [0.3, 0.4) is 0 Å². The molecule has 0 aliphatic rings. The summed E-state index contributed by atoms with van der Waals surface area (Å²) in [5, 5.41) is 3.95. The highest BCUT2D eigenvalue weighted by Crippen LogP contribution is 2.19. The second-order valence-electron chi connectivity index (χ2n) is 4.34. The zero-order chi connectivity index (χ0) is 12.1. The molecule has 1 rings (SSSR count). The van der Waals surface area contributed by atoms with Gasteiger partial charge >= 0.3 is 0 Å². The van der Waals surface area contributed by atoms with Gasteiger partial charge < -0.3 is 15.2 Å². The summed E-state index contributed by atoms with van der Waals surface area (Å²) in [6, 6.07) is -0.156. The molecule has 0 spiro atoms. The van der Waals surface area contributed by atoms with Crippen LogP contribution in [0.2, 0.25) is 0 Å². The lowest BCUT2D eigenvalue weighted by molar-refractivity contribution is 0.335. The lowest BCUT2D eigenvalue weighted by Gasteiger charge is -2.14. The molecular weight excluding hydrogens is 204 g/mol. The molecule has 0 fully saturated rings. The SMILES string of the molecule is CCN(CC)c1noc([C@@H](N)CC(C)C)n1. The van der Waals surface area contributed by atoms with Crippen molar-refractivity contribution in [2.24, 2.45) is 11.7 Å². The predicted octanol–water partition coefficient (Wildman–Crippen LogP) is 1.96. The van der Waals surface area contributed by atoms with Gasteiger partial charge in [-0.05, 0) is 31.3 Å². The van der Waals surface area contributed by atoms with Gasteiger partial charge in [-0.25, -0.2) is 0 Å². The molecule has 1 atom stereocenters. The number of aromatic nitrogens is 2. The minimum absolute atomic E-state index is 0.156. The van der Waals surface area contributed by atoms with Crippen LogP contribution in [0.5, 0.6) is 0 Å². The molecule has 16 heavy (non-hydrogen) atoms. The first-order chi connectivity index (χ1) is 7.58. The Morgan fingerprint density at radius 1 is 1.31 bits per heavy atom. The molecule has 0 saturated heterocycles. The van der Waals surface area contributed by atoms with Crippen LogP contribution in [0, 0.1) is 5.92 Å². The van der Waals surface area contributed by atoms with E-state index >= 15 is 0 Å². The second kappa shape index (κ2) is 5.84. The van der Waals surface area contributed by atoms with Crippen LogP contribution in [0.25, 0.3) is 0 Å². The minimum atomic E-state index is -0.156. The fourth-order valence-corrected chi connectivity index (χ4v) is 1.62. The molecule has 0 unspecified atom stereocenters. The van der Waals surface area contributed by atoms with E-state index in [1.54, 1.807) is 0 Å². The number of rotatable bonds is 6. The van der Waals surface area contributed by atoms with Gasteiger partial charge in [-0.1, -0.05) is 13.8 Å². The molecule has 0 aliphatic heterocycles. The third-order valence-corrected chi connectivity index (χ3v) is 2.52. The van der Waals surface area contributed by atoms with Crippen molar-refractivity contribution in [2.45, 2.75) is 40.2 Å². The van der Waals surface area contributed by atoms with Crippen molar-refractivity contribution in [3.05, 3.63) is 5.89 Å². The number of nitrogens with two attached hydrogens (primary N) is 1. The van der Waals surface area contributed by atoms with Gasteiger partial charge in [0.2, 0.25) is 5.89 Å². The molecular formula is C11H22N4O. The summed E-state index contributed by atoms with van der Waals surface area (Å²) in [6.45, 7) is 10.1. The molecule has 0 bridgehead atoms. The van der Waals surface area contributed by atoms with E-state index in [0.717, 1.165) is 19.5 Å². The lowest BCUT2D eigenvalue weighted by atomic mass is 10.0. The van der Waals surface area contributed by atoms with E-state index in [1.165, 1.54) is 0 Å². The standard InChI is InChI=1S/C11H22N4O/c1-5-15(6-2)11-13-10(16-14-11)9(12)7-8(3)4/h8-9H,5-7,12H2,1-4H3/t9-/m0/s1. The van der Waals surface area contributed by atoms with E-state index in [-0.39, 0.29) is 6.04 Å². The first-order valence-electron chi connectivity index (χ1n) is 5.92. The Morgan fingerprint density at radius 2 is 1.94 bits per heavy atom. The third-order valence-electron chi connectivity index (χ3n) is 2.52. The van der Waals surface area contributed by atoms with Crippen LogP contribution in [0.1, 0.15) is 46.0 Å². The summed E-state index contributed by atoms with van der Waals surface area (Å²) in [6.07, 6.45) is 0.861. The van der Waals surface area contributed by atoms with Gasteiger partial charge in [0.05, 0.1) is 6.04 Å². The molecule has 0 saturated carbocycles. The first kappa shape index (κ1) is 13.0. The maximum atomic E-state index is 5.98. The summed E-state index contributed by atoms with van der Waals surface area (Å²) < 4.78 is 5.18. The van der Waals surface area contributed by atoms with Crippen molar-refractivity contribution in [1.29, 1.82) is 0 Å². The highest BCUT2D eigenvalue weighted by molar-refractivity contribution is 5.26. The van der Waals surface area contributed by atoms with E-state index in [0.29, 0.717) is 17.8 Å². The third kappa shape index (κ3) is 3.20. The monoisotopic (exact) mass is 226 g/mol. The van der Waals surface area contributed by atoms with Crippen molar-refractivity contribution in [3.63, 3.8) is 0 Å². The summed E-state index contributed by atoms with van der Waals surface area (Å²) >= 11 is 0. The quantitative estimate of drug-likeness (QED) is 0.803. The van der Waals surface area contributed by atoms with Gasteiger partial charge in [0.1, 0.15) is 0 Å². The van der Waals surface area contributed by atoms with Crippen molar-refractivity contribution in [2.75, 3.05) is 18.0 Å². The van der Waals surface area contributed by atoms with E-state index in [4.69, 9.17) is 10.3 Å². The lowest BCUT2D eigenvalue weighted by Crippen LogP contribution is -2.23. The minimum Gasteiger partial charge on any atom is -0.339 e. The average molecular weight is 226 g/mol. The van der Waals surface area contributed by atoms with E-state index in [2.05, 4.69) is 37.8 Å². The Hall–Kier alpha value is -1.10. The fraction of sp³-hybridized carbons (Fsp3) is 0.818. The summed E-state index contributed by atoms with van der Waals surface area (Å²) in [4.78, 5) is 6.37. The molecule has 0 aromatic carbocycles. The smallest absolute Gasteiger partial charge is 0.266 e. The molecule has 2 N–H and O–H groups in total. The average Bonchev–Trinajstić information content (AvgIpc) is 2.68. The molecule has 1 heterocycles. The van der Waals surface area contributed by atoms with Crippen LogP contribution >= 0.6 is 0 Å². The van der Waals surface area contributed by atoms with Crippen molar-refractivity contribution < 1.29 is 4.52 Å². The van der Waals surface area contributed by atoms with Crippen molar-refractivity contribution in [1.82, 2.24) is 10.1 Å². The summed E-state index contributed by atoms with van der Waals surface area (Å²) in [5.74, 6) is 1.70. The second-order valence-corrected chi connectivity index (χ2v) is 4.34. The Morgan fingerprint density at radius 3 is 2.44 bits per heavy atom. The highest BCUT2D eigenvalue weighted by atomic mass is 16.5. The summed E-state index contributed by atoms with van der Waals surface area (Å²) in [5.41, 5.74) is 5.98. The molecule has 5 nitrogen and oxygen atoms in total. The fourth-order valence-electron chi connectivity index (χ4n) is 1.62. The van der Waals surface area contributed by atoms with Gasteiger partial charge in [-0.2, -0.15) is 4.98 Å². The Balaban J connectivity index is 2.70. The normalized spacial score (nSPS) is 13.1. The predicted molar refractivity (Wildman–Crippen MR) is 64.2 cm³/mol. The van der Waals surface area contributed by atoms with Crippen LogP contribution < -0.4 is 10.6 Å². The zero-order valence-corrected chi connectivity index (χ0v) is 10.6. The van der Waals surface area contributed by atoms with Gasteiger partial charge in [0, 0.05) is 13.1 Å². The molecule has 0 amide bonds. The van der Waals surface area contributed by atoms with Gasteiger partial charge in [0.15, 0.2) is 0 Å². The Labute approximate surface area is 97.0 Å². The Kier molecular flexibility index (Phi) is 4.73. The van der Waals surface area contributed by atoms with Crippen molar-refractivity contribution >= 4 is 5.95 Å².